The Labute approximate surface area is 185 Å². The van der Waals surface area contributed by atoms with E-state index in [0.29, 0.717) is 11.5 Å². The van der Waals surface area contributed by atoms with E-state index in [4.69, 9.17) is 24.0 Å². The first-order valence-electron chi connectivity index (χ1n) is 9.86. The summed E-state index contributed by atoms with van der Waals surface area (Å²) in [7, 11) is 0. The van der Waals surface area contributed by atoms with Crippen molar-refractivity contribution in [2.75, 3.05) is 13.2 Å². The van der Waals surface area contributed by atoms with Crippen LogP contribution in [0.25, 0.3) is 17.5 Å². The van der Waals surface area contributed by atoms with Gasteiger partial charge in [-0.3, -0.25) is 9.36 Å². The molecule has 2 N–H and O–H groups in total. The highest BCUT2D eigenvalue weighted by Crippen LogP contribution is 2.37. The molecule has 0 spiro atoms. The molecule has 1 aliphatic heterocycles. The van der Waals surface area contributed by atoms with Crippen LogP contribution in [0.4, 0.5) is 0 Å². The van der Waals surface area contributed by atoms with Crippen LogP contribution in [0.15, 0.2) is 56.0 Å². The Morgan fingerprint density at radius 1 is 1.09 bits per heavy atom. The summed E-state index contributed by atoms with van der Waals surface area (Å²) in [6.45, 7) is 3.49. The monoisotopic (exact) mass is 456 g/mol. The van der Waals surface area contributed by atoms with Crippen LogP contribution in [0.1, 0.15) is 31.3 Å². The first-order chi connectivity index (χ1) is 15.5. The van der Waals surface area contributed by atoms with E-state index >= 15 is 0 Å². The molecule has 0 radical (unpaired) electrons. The highest BCUT2D eigenvalue weighted by atomic mass is 32.1. The van der Waals surface area contributed by atoms with Crippen LogP contribution < -0.4 is 20.5 Å². The molecule has 10 heteroatoms. The lowest BCUT2D eigenvalue weighted by Gasteiger charge is -2.25. The van der Waals surface area contributed by atoms with Crippen molar-refractivity contribution in [3.05, 3.63) is 73.4 Å². The average molecular weight is 456 g/mol. The molecule has 0 fully saturated rings. The number of hydrogen-bond donors (Lipinski definition) is 1. The molecular formula is C22H20N2O7S. The molecule has 3 aromatic heterocycles. The zero-order valence-electron chi connectivity index (χ0n) is 17.3. The van der Waals surface area contributed by atoms with Crippen LogP contribution in [0.2, 0.25) is 0 Å². The lowest BCUT2D eigenvalue weighted by atomic mass is 9.87. The van der Waals surface area contributed by atoms with Gasteiger partial charge >= 0.3 is 11.9 Å². The second kappa shape index (κ2) is 8.75. The minimum atomic E-state index is -1.00. The van der Waals surface area contributed by atoms with Gasteiger partial charge in [-0.05, 0) is 38.1 Å². The molecule has 0 aromatic carbocycles. The minimum Gasteiger partial charge on any atom is -0.468 e. The molecule has 3 aromatic rings. The van der Waals surface area contributed by atoms with Crippen molar-refractivity contribution in [2.24, 2.45) is 5.73 Å². The molecule has 0 saturated carbocycles. The molecule has 4 rings (SSSR count). The Morgan fingerprint density at radius 3 is 2.34 bits per heavy atom. The number of carbonyl (C=O) groups is 2. The number of thiazole rings is 1. The lowest BCUT2D eigenvalue weighted by molar-refractivity contribution is -0.138. The normalized spacial score (nSPS) is 16.2. The van der Waals surface area contributed by atoms with E-state index in [1.54, 1.807) is 44.2 Å². The largest absolute Gasteiger partial charge is 0.468 e. The van der Waals surface area contributed by atoms with Crippen molar-refractivity contribution >= 4 is 40.7 Å². The number of nitrogens with zero attached hydrogens (tertiary/aromatic N) is 1. The van der Waals surface area contributed by atoms with E-state index in [9.17, 15) is 14.4 Å². The summed E-state index contributed by atoms with van der Waals surface area (Å²) in [6, 6.07) is 6.62. The Kier molecular flexibility index (Phi) is 5.87. The van der Waals surface area contributed by atoms with Crippen molar-refractivity contribution in [3.8, 4) is 0 Å². The molecule has 1 aliphatic rings. The van der Waals surface area contributed by atoms with E-state index in [-0.39, 0.29) is 39.4 Å². The summed E-state index contributed by atoms with van der Waals surface area (Å²) in [5.74, 6) is -1.83. The fourth-order valence-corrected chi connectivity index (χ4v) is 4.65. The second-order valence-electron chi connectivity index (χ2n) is 6.67. The molecule has 0 amide bonds. The first kappa shape index (κ1) is 21.4. The molecule has 0 bridgehead atoms. The predicted octanol–water partition coefficient (Wildman–Crippen LogP) is 1.13. The quantitative estimate of drug-likeness (QED) is 0.547. The van der Waals surface area contributed by atoms with Crippen molar-refractivity contribution in [1.29, 1.82) is 0 Å². The van der Waals surface area contributed by atoms with E-state index in [1.807, 2.05) is 0 Å². The minimum absolute atomic E-state index is 0.0678. The summed E-state index contributed by atoms with van der Waals surface area (Å²) < 4.78 is 23.0. The Bertz CT molecular complexity index is 1360. The molecule has 0 aliphatic carbocycles. The van der Waals surface area contributed by atoms with Gasteiger partial charge in [0.1, 0.15) is 22.0 Å². The number of fused-ring (bicyclic) bond motifs is 1. The first-order valence-corrected chi connectivity index (χ1v) is 10.7. The average Bonchev–Trinajstić information content (AvgIpc) is 3.51. The molecule has 166 valence electrons. The summed E-state index contributed by atoms with van der Waals surface area (Å²) in [5.41, 5.74) is 5.85. The Balaban J connectivity index is 2.11. The SMILES string of the molecule is CCOC(=O)C1=C(N)n2c(s/c(=C\c3ccco3)c2=O)=C(C(=O)OCC)[C@H]1c1ccco1. The van der Waals surface area contributed by atoms with Gasteiger partial charge in [0.2, 0.25) is 0 Å². The van der Waals surface area contributed by atoms with Gasteiger partial charge in [0.05, 0.1) is 47.3 Å². The van der Waals surface area contributed by atoms with Crippen LogP contribution in [-0.4, -0.2) is 29.7 Å². The Morgan fingerprint density at radius 2 is 1.75 bits per heavy atom. The van der Waals surface area contributed by atoms with Crippen LogP contribution in [0, 0.1) is 0 Å². The van der Waals surface area contributed by atoms with Gasteiger partial charge in [-0.1, -0.05) is 0 Å². The molecule has 32 heavy (non-hydrogen) atoms. The van der Waals surface area contributed by atoms with Gasteiger partial charge in [-0.2, -0.15) is 0 Å². The number of furan rings is 2. The lowest BCUT2D eigenvalue weighted by Crippen LogP contribution is -2.41. The van der Waals surface area contributed by atoms with E-state index in [2.05, 4.69) is 0 Å². The maximum atomic E-state index is 13.2. The van der Waals surface area contributed by atoms with Gasteiger partial charge in [0, 0.05) is 6.08 Å². The third-order valence-electron chi connectivity index (χ3n) is 4.78. The zero-order chi connectivity index (χ0) is 22.8. The summed E-state index contributed by atoms with van der Waals surface area (Å²) in [5, 5.41) is 0. The number of nitrogens with two attached hydrogens (primary N) is 1. The number of ether oxygens (including phenoxy) is 2. The topological polar surface area (TPSA) is 127 Å². The van der Waals surface area contributed by atoms with Gasteiger partial charge in [-0.15, -0.1) is 11.3 Å². The molecule has 0 unspecified atom stereocenters. The van der Waals surface area contributed by atoms with Gasteiger partial charge in [0.15, 0.2) is 0 Å². The molecule has 0 saturated heterocycles. The smallest absolute Gasteiger partial charge is 0.338 e. The maximum absolute atomic E-state index is 13.2. The van der Waals surface area contributed by atoms with Crippen LogP contribution in [-0.2, 0) is 19.1 Å². The number of hydrogen-bond acceptors (Lipinski definition) is 9. The molecule has 1 atom stereocenters. The van der Waals surface area contributed by atoms with E-state index in [0.717, 1.165) is 15.9 Å². The van der Waals surface area contributed by atoms with Crippen molar-refractivity contribution < 1.29 is 27.9 Å². The molecule has 4 heterocycles. The van der Waals surface area contributed by atoms with Crippen molar-refractivity contribution in [2.45, 2.75) is 19.8 Å². The standard InChI is InChI=1S/C22H20N2O7S/c1-3-28-21(26)16-15(13-8-6-10-31-13)17(22(27)29-4-2)20-24(18(16)23)19(25)14(32-20)11-12-7-5-9-30-12/h5-11,15H,3-4,23H2,1-2H3/b14-11-/t15-/m0/s1. The number of rotatable bonds is 6. The predicted molar refractivity (Wildman–Crippen MR) is 116 cm³/mol. The fourth-order valence-electron chi connectivity index (χ4n) is 3.51. The van der Waals surface area contributed by atoms with Crippen molar-refractivity contribution in [1.82, 2.24) is 4.57 Å². The number of esters is 2. The highest BCUT2D eigenvalue weighted by molar-refractivity contribution is 7.07. The van der Waals surface area contributed by atoms with E-state index < -0.39 is 23.4 Å². The van der Waals surface area contributed by atoms with Gasteiger partial charge in [0.25, 0.3) is 5.56 Å². The van der Waals surface area contributed by atoms with Gasteiger partial charge < -0.3 is 24.0 Å². The van der Waals surface area contributed by atoms with Gasteiger partial charge in [-0.25, -0.2) is 9.59 Å². The van der Waals surface area contributed by atoms with Crippen LogP contribution >= 0.6 is 11.3 Å². The van der Waals surface area contributed by atoms with E-state index in [1.165, 1.54) is 12.5 Å². The second-order valence-corrected chi connectivity index (χ2v) is 7.70. The summed E-state index contributed by atoms with van der Waals surface area (Å²) in [4.78, 5) is 39.2. The van der Waals surface area contributed by atoms with Crippen LogP contribution in [0.3, 0.4) is 0 Å². The van der Waals surface area contributed by atoms with Crippen LogP contribution in [0.5, 0.6) is 0 Å². The third-order valence-corrected chi connectivity index (χ3v) is 5.89. The third kappa shape index (κ3) is 3.58. The highest BCUT2D eigenvalue weighted by Gasteiger charge is 2.41. The zero-order valence-corrected chi connectivity index (χ0v) is 18.1. The molecule has 9 nitrogen and oxygen atoms in total. The maximum Gasteiger partial charge on any atom is 0.338 e. The summed E-state index contributed by atoms with van der Waals surface area (Å²) >= 11 is 1.04. The number of aromatic nitrogens is 1. The number of carbonyl (C=O) groups excluding carboxylic acids is 2. The van der Waals surface area contributed by atoms with Crippen molar-refractivity contribution in [3.63, 3.8) is 0 Å². The summed E-state index contributed by atoms with van der Waals surface area (Å²) in [6.07, 6.45) is 4.44. The fraction of sp³-hybridized carbons (Fsp3) is 0.227. The Hall–Kier alpha value is -3.79. The molecular weight excluding hydrogens is 436 g/mol.